The molecular weight excluding hydrogens is 1380 g/mol. The molecule has 0 aliphatic heterocycles. The molecule has 0 radical (unpaired) electrons. The van der Waals surface area contributed by atoms with Gasteiger partial charge >= 0.3 is 0 Å². The first-order valence-corrected chi connectivity index (χ1v) is 39.5. The molecular formula is C110H84N4. The van der Waals surface area contributed by atoms with Crippen molar-refractivity contribution in [1.82, 2.24) is 0 Å². The first-order chi connectivity index (χ1) is 56.0. The van der Waals surface area contributed by atoms with Crippen molar-refractivity contribution in [3.05, 3.63) is 434 Å². The Morgan fingerprint density at radius 3 is 0.693 bits per heavy atom. The summed E-state index contributed by atoms with van der Waals surface area (Å²) in [6.45, 7) is 13.3. The van der Waals surface area contributed by atoms with Crippen LogP contribution in [-0.2, 0) is 0 Å². The number of para-hydroxylation sites is 2. The third-order valence-corrected chi connectivity index (χ3v) is 23.0. The summed E-state index contributed by atoms with van der Waals surface area (Å²) in [6, 6.07) is 146. The van der Waals surface area contributed by atoms with Gasteiger partial charge in [0.2, 0.25) is 0 Å². The van der Waals surface area contributed by atoms with Gasteiger partial charge in [-0.15, -0.1) is 0 Å². The molecule has 0 unspecified atom stereocenters. The largest absolute Gasteiger partial charge is 0.310 e. The Bertz CT molecular complexity index is 6500. The maximum atomic E-state index is 2.51. The van der Waals surface area contributed by atoms with Gasteiger partial charge in [-0.2, -0.15) is 0 Å². The molecule has 20 aromatic rings. The lowest BCUT2D eigenvalue weighted by atomic mass is 9.91. The predicted octanol–water partition coefficient (Wildman–Crippen LogP) is 31.6. The average molecular weight is 1460 g/mol. The minimum Gasteiger partial charge on any atom is -0.310 e. The molecule has 0 aliphatic carbocycles. The van der Waals surface area contributed by atoms with Gasteiger partial charge in [-0.25, -0.2) is 0 Å². The average Bonchev–Trinajstić information content (AvgIpc) is 0.724. The Kier molecular flexibility index (Phi) is 18.3. The molecule has 4 heteroatoms. The monoisotopic (exact) mass is 1460 g/mol. The highest BCUT2D eigenvalue weighted by Crippen LogP contribution is 2.53. The molecule has 0 fully saturated rings. The summed E-state index contributed by atoms with van der Waals surface area (Å²) in [4.78, 5) is 9.84. The van der Waals surface area contributed by atoms with Crippen molar-refractivity contribution in [2.75, 3.05) is 19.6 Å². The summed E-state index contributed by atoms with van der Waals surface area (Å²) < 4.78 is 0. The molecule has 0 amide bonds. The van der Waals surface area contributed by atoms with Gasteiger partial charge in [0.25, 0.3) is 0 Å². The highest BCUT2D eigenvalue weighted by atomic mass is 15.2. The summed E-state index contributed by atoms with van der Waals surface area (Å²) in [5.74, 6) is 0. The van der Waals surface area contributed by atoms with Gasteiger partial charge in [0.05, 0.1) is 22.7 Å². The fourth-order valence-electron chi connectivity index (χ4n) is 17.3. The second-order valence-corrected chi connectivity index (χ2v) is 30.3. The molecule has 0 heterocycles. The van der Waals surface area contributed by atoms with Gasteiger partial charge in [-0.3, -0.25) is 0 Å². The first-order valence-electron chi connectivity index (χ1n) is 39.5. The zero-order chi connectivity index (χ0) is 76.9. The van der Waals surface area contributed by atoms with Gasteiger partial charge < -0.3 is 19.6 Å². The van der Waals surface area contributed by atoms with E-state index in [-0.39, 0.29) is 0 Å². The number of hydrogen-bond donors (Lipinski definition) is 0. The van der Waals surface area contributed by atoms with E-state index in [4.69, 9.17) is 0 Å². The third kappa shape index (κ3) is 12.9. The van der Waals surface area contributed by atoms with E-state index in [9.17, 15) is 0 Å². The molecule has 0 spiro atoms. The molecule has 114 heavy (non-hydrogen) atoms. The van der Waals surface area contributed by atoms with Crippen LogP contribution >= 0.6 is 0 Å². The van der Waals surface area contributed by atoms with Gasteiger partial charge in [-0.05, 0) is 260 Å². The Balaban J connectivity index is 0.000000154. The molecule has 0 aromatic heterocycles. The van der Waals surface area contributed by atoms with Crippen LogP contribution in [0.3, 0.4) is 0 Å². The van der Waals surface area contributed by atoms with Gasteiger partial charge in [0.1, 0.15) is 0 Å². The maximum absolute atomic E-state index is 2.51. The summed E-state index contributed by atoms with van der Waals surface area (Å²) in [5.41, 5.74) is 30.8. The van der Waals surface area contributed by atoms with Gasteiger partial charge in [-0.1, -0.05) is 303 Å². The molecule has 20 rings (SSSR count). The molecule has 0 N–H and O–H groups in total. The van der Waals surface area contributed by atoms with E-state index in [0.717, 1.165) is 34.1 Å². The lowest BCUT2D eigenvalue weighted by molar-refractivity contribution is 1.22. The second-order valence-electron chi connectivity index (χ2n) is 30.3. The van der Waals surface area contributed by atoms with E-state index in [1.54, 1.807) is 0 Å². The summed E-state index contributed by atoms with van der Waals surface area (Å²) >= 11 is 0. The third-order valence-electron chi connectivity index (χ3n) is 23.0. The lowest BCUT2D eigenvalue weighted by Gasteiger charge is -2.32. The minimum absolute atomic E-state index is 1.12. The van der Waals surface area contributed by atoms with E-state index in [1.165, 1.54) is 177 Å². The van der Waals surface area contributed by atoms with Gasteiger partial charge in [0, 0.05) is 67.0 Å². The van der Waals surface area contributed by atoms with Crippen LogP contribution in [0.25, 0.3) is 109 Å². The predicted molar refractivity (Wildman–Crippen MR) is 489 cm³/mol. The maximum Gasteiger partial charge on any atom is 0.0540 e. The van der Waals surface area contributed by atoms with Crippen LogP contribution < -0.4 is 19.6 Å². The van der Waals surface area contributed by atoms with Crippen molar-refractivity contribution < 1.29 is 0 Å². The van der Waals surface area contributed by atoms with Crippen LogP contribution in [0.4, 0.5) is 68.2 Å². The van der Waals surface area contributed by atoms with E-state index < -0.39 is 0 Å². The van der Waals surface area contributed by atoms with Crippen LogP contribution in [0, 0.1) is 41.5 Å². The van der Waals surface area contributed by atoms with Crippen LogP contribution in [0.2, 0.25) is 0 Å². The quantitative estimate of drug-likeness (QED) is 0.0894. The van der Waals surface area contributed by atoms with Crippen LogP contribution in [0.5, 0.6) is 0 Å². The Hall–Kier alpha value is -14.3. The van der Waals surface area contributed by atoms with Crippen LogP contribution in [-0.4, -0.2) is 0 Å². The molecule has 20 aromatic carbocycles. The normalized spacial score (nSPS) is 11.4. The smallest absolute Gasteiger partial charge is 0.0540 e. The number of aryl methyl sites for hydroxylation is 6. The van der Waals surface area contributed by atoms with Crippen molar-refractivity contribution >= 4 is 133 Å². The molecule has 0 aliphatic rings. The standard InChI is InChI=1S/C58H48N2.C52H36N2/c1-37-17-19-39(3)53(33-37)59(55-35-47(23-21-41(55)5)43-13-9-7-10-14-43)51-31-27-45-26-30-50-52(32-28-46-25-29-49(51)57(45)58(46)50)60(54-34-38(2)18-20-40(54)4)56-36-48(24-22-42(56)6)44-15-11-8-12-16-44;1-5-15-37(16-6-1)41-19-13-25-45(35-41)53(43-21-9-3-10-22-43)49-33-29-39-28-32-48-50(34-30-40-27-31-47(49)51(39)52(40)48)54(44-23-11-4-12-24-44)46-26-14-20-42(36-46)38-17-7-2-8-18-38/h7-36H,1-6H3;1-36H. The second kappa shape index (κ2) is 29.8. The fourth-order valence-corrected chi connectivity index (χ4v) is 17.3. The van der Waals surface area contributed by atoms with E-state index >= 15 is 0 Å². The number of benzene rings is 20. The molecule has 0 saturated carbocycles. The molecule has 0 atom stereocenters. The van der Waals surface area contributed by atoms with E-state index in [0.29, 0.717) is 0 Å². The number of nitrogens with zero attached hydrogens (tertiary/aromatic N) is 4. The Labute approximate surface area is 667 Å². The highest BCUT2D eigenvalue weighted by molar-refractivity contribution is 6.30. The highest BCUT2D eigenvalue weighted by Gasteiger charge is 2.28. The molecule has 0 bridgehead atoms. The first kappa shape index (κ1) is 70.1. The summed E-state index contributed by atoms with van der Waals surface area (Å²) in [5, 5.41) is 14.9. The Morgan fingerprint density at radius 1 is 0.149 bits per heavy atom. The van der Waals surface area contributed by atoms with Crippen LogP contribution in [0.15, 0.2) is 400 Å². The van der Waals surface area contributed by atoms with Crippen molar-refractivity contribution in [2.45, 2.75) is 41.5 Å². The Morgan fingerprint density at radius 2 is 0.386 bits per heavy atom. The molecule has 4 nitrogen and oxygen atoms in total. The van der Waals surface area contributed by atoms with Crippen molar-refractivity contribution in [2.24, 2.45) is 0 Å². The fraction of sp³-hybridized carbons (Fsp3) is 0.0545. The SMILES string of the molecule is Cc1ccc(C)c(N(c2cc(-c3ccccc3)ccc2C)c2ccc3ccc4c(N(c5cc(C)ccc5C)c5cc(-c6ccccc6)ccc5C)ccc5ccc2c3c54)c1.c1ccc(-c2cccc(N(c3ccccc3)c3ccc4ccc5c(N(c6ccccc6)c6cccc(-c7ccccc7)c6)ccc6ccc3c4c65)c2)cc1. The van der Waals surface area contributed by atoms with E-state index in [1.807, 2.05) is 0 Å². The number of anilines is 12. The topological polar surface area (TPSA) is 13.0 Å². The van der Waals surface area contributed by atoms with Crippen molar-refractivity contribution in [3.63, 3.8) is 0 Å². The molecule has 0 saturated heterocycles. The number of rotatable bonds is 16. The number of hydrogen-bond acceptors (Lipinski definition) is 4. The zero-order valence-electron chi connectivity index (χ0n) is 64.9. The minimum atomic E-state index is 1.12. The zero-order valence-corrected chi connectivity index (χ0v) is 64.9. The van der Waals surface area contributed by atoms with E-state index in [2.05, 4.69) is 462 Å². The molecule has 544 valence electrons. The summed E-state index contributed by atoms with van der Waals surface area (Å²) in [7, 11) is 0. The van der Waals surface area contributed by atoms with Crippen LogP contribution in [0.1, 0.15) is 33.4 Å². The van der Waals surface area contributed by atoms with Gasteiger partial charge in [0.15, 0.2) is 0 Å². The van der Waals surface area contributed by atoms with Crippen molar-refractivity contribution in [1.29, 1.82) is 0 Å². The van der Waals surface area contributed by atoms with Crippen molar-refractivity contribution in [3.8, 4) is 44.5 Å². The lowest BCUT2D eigenvalue weighted by Crippen LogP contribution is -2.14. The summed E-state index contributed by atoms with van der Waals surface area (Å²) in [6.07, 6.45) is 0.